The summed E-state index contributed by atoms with van der Waals surface area (Å²) in [5, 5.41) is 10.9. The van der Waals surface area contributed by atoms with Crippen molar-refractivity contribution in [3.8, 4) is 6.07 Å². The minimum atomic E-state index is 0.392. The van der Waals surface area contributed by atoms with Crippen LogP contribution in [0.3, 0.4) is 0 Å². The van der Waals surface area contributed by atoms with Crippen LogP contribution >= 0.6 is 11.6 Å². The minimum absolute atomic E-state index is 0.392. The van der Waals surface area contributed by atoms with Gasteiger partial charge in [-0.2, -0.15) is 5.26 Å². The number of halogens is 1. The van der Waals surface area contributed by atoms with Crippen molar-refractivity contribution >= 4 is 39.8 Å². The summed E-state index contributed by atoms with van der Waals surface area (Å²) in [5.74, 6) is 0. The van der Waals surface area contributed by atoms with Crippen LogP contribution in [-0.4, -0.2) is 6.29 Å². The van der Waals surface area contributed by atoms with E-state index in [1.165, 1.54) is 0 Å². The zero-order valence-corrected chi connectivity index (χ0v) is 9.86. The molecule has 1 aromatic heterocycles. The number of hydrogen-bond donors (Lipinski definition) is 0. The minimum Gasteiger partial charge on any atom is -0.456 e. The molecule has 0 aliphatic rings. The van der Waals surface area contributed by atoms with Crippen molar-refractivity contribution in [1.82, 2.24) is 0 Å². The number of fused-ring (bicyclic) bond motifs is 3. The van der Waals surface area contributed by atoms with E-state index in [-0.39, 0.29) is 0 Å². The first-order valence-electron chi connectivity index (χ1n) is 5.24. The van der Waals surface area contributed by atoms with E-state index in [1.807, 2.05) is 6.07 Å². The monoisotopic (exact) mass is 255 g/mol. The van der Waals surface area contributed by atoms with Gasteiger partial charge in [-0.1, -0.05) is 11.6 Å². The van der Waals surface area contributed by atoms with Gasteiger partial charge in [-0.25, -0.2) is 0 Å². The zero-order valence-electron chi connectivity index (χ0n) is 9.11. The van der Waals surface area contributed by atoms with Gasteiger partial charge in [-0.3, -0.25) is 4.79 Å². The van der Waals surface area contributed by atoms with E-state index in [2.05, 4.69) is 6.07 Å². The highest BCUT2D eigenvalue weighted by molar-refractivity contribution is 6.34. The summed E-state index contributed by atoms with van der Waals surface area (Å²) in [5.41, 5.74) is 2.13. The molecule has 3 rings (SSSR count). The normalized spacial score (nSPS) is 10.7. The number of carbonyl (C=O) groups excluding carboxylic acids is 1. The molecule has 18 heavy (non-hydrogen) atoms. The lowest BCUT2D eigenvalue weighted by molar-refractivity contribution is 0.112. The first-order valence-corrected chi connectivity index (χ1v) is 5.62. The predicted octanol–water partition coefficient (Wildman–Crippen LogP) is 3.92. The summed E-state index contributed by atoms with van der Waals surface area (Å²) in [6, 6.07) is 10.6. The summed E-state index contributed by atoms with van der Waals surface area (Å²) in [7, 11) is 0. The molecule has 0 fully saturated rings. The van der Waals surface area contributed by atoms with Gasteiger partial charge in [-0.05, 0) is 30.3 Å². The largest absolute Gasteiger partial charge is 0.456 e. The molecule has 0 atom stereocenters. The molecule has 0 unspecified atom stereocenters. The van der Waals surface area contributed by atoms with Gasteiger partial charge in [-0.15, -0.1) is 0 Å². The maximum absolute atomic E-state index is 10.8. The van der Waals surface area contributed by atoms with Gasteiger partial charge in [0, 0.05) is 16.3 Å². The van der Waals surface area contributed by atoms with E-state index in [0.717, 1.165) is 10.8 Å². The Morgan fingerprint density at radius 1 is 1.17 bits per heavy atom. The Balaban J connectivity index is 2.43. The highest BCUT2D eigenvalue weighted by Crippen LogP contribution is 2.32. The first kappa shape index (κ1) is 10.8. The summed E-state index contributed by atoms with van der Waals surface area (Å²) in [6.07, 6.45) is 0.690. The maximum atomic E-state index is 10.8. The van der Waals surface area contributed by atoms with Gasteiger partial charge < -0.3 is 4.42 Å². The molecule has 0 aliphatic carbocycles. The van der Waals surface area contributed by atoms with Crippen LogP contribution in [0.2, 0.25) is 5.02 Å². The lowest BCUT2D eigenvalue weighted by Gasteiger charge is -1.95. The van der Waals surface area contributed by atoms with Gasteiger partial charge in [0.15, 0.2) is 6.29 Å². The first-order chi connectivity index (χ1) is 8.72. The third kappa shape index (κ3) is 1.47. The summed E-state index contributed by atoms with van der Waals surface area (Å²) in [4.78, 5) is 10.8. The second-order valence-corrected chi connectivity index (χ2v) is 4.32. The number of furan rings is 1. The number of benzene rings is 2. The smallest absolute Gasteiger partial charge is 0.151 e. The van der Waals surface area contributed by atoms with Gasteiger partial charge in [0.25, 0.3) is 0 Å². The molecule has 0 radical (unpaired) electrons. The van der Waals surface area contributed by atoms with E-state index in [9.17, 15) is 4.79 Å². The highest BCUT2D eigenvalue weighted by atomic mass is 35.5. The fourth-order valence-electron chi connectivity index (χ4n) is 1.97. The summed E-state index contributed by atoms with van der Waals surface area (Å²) in [6.45, 7) is 0. The van der Waals surface area contributed by atoms with Gasteiger partial charge in [0.1, 0.15) is 11.2 Å². The standard InChI is InChI=1S/C14H6ClNO2/c15-12-5-11-10-2-1-8(6-16)3-13(10)18-14(11)4-9(12)7-17/h1-5,7H. The van der Waals surface area contributed by atoms with Crippen LogP contribution < -0.4 is 0 Å². The van der Waals surface area contributed by atoms with Crippen LogP contribution in [0.25, 0.3) is 21.9 Å². The lowest BCUT2D eigenvalue weighted by atomic mass is 10.1. The Kier molecular flexibility index (Phi) is 2.32. The molecule has 0 bridgehead atoms. The Morgan fingerprint density at radius 3 is 2.67 bits per heavy atom. The van der Waals surface area contributed by atoms with Crippen molar-refractivity contribution in [2.45, 2.75) is 0 Å². The molecule has 0 amide bonds. The number of rotatable bonds is 1. The van der Waals surface area contributed by atoms with Crippen molar-refractivity contribution in [2.24, 2.45) is 0 Å². The second-order valence-electron chi connectivity index (χ2n) is 3.91. The molecule has 2 aromatic carbocycles. The van der Waals surface area contributed by atoms with E-state index in [4.69, 9.17) is 21.3 Å². The average Bonchev–Trinajstić information content (AvgIpc) is 2.74. The highest BCUT2D eigenvalue weighted by Gasteiger charge is 2.10. The molecule has 0 saturated heterocycles. The number of nitrogens with zero attached hydrogens (tertiary/aromatic N) is 1. The molecule has 4 heteroatoms. The lowest BCUT2D eigenvalue weighted by Crippen LogP contribution is -1.80. The Morgan fingerprint density at radius 2 is 1.94 bits per heavy atom. The van der Waals surface area contributed by atoms with Crippen LogP contribution in [0.4, 0.5) is 0 Å². The molecule has 0 spiro atoms. The molecule has 1 heterocycles. The van der Waals surface area contributed by atoms with Gasteiger partial charge in [0.2, 0.25) is 0 Å². The molecule has 3 nitrogen and oxygen atoms in total. The number of hydrogen-bond acceptors (Lipinski definition) is 3. The molecule has 0 aliphatic heterocycles. The zero-order chi connectivity index (χ0) is 12.7. The molecular formula is C14H6ClNO2. The number of carbonyl (C=O) groups is 1. The molecule has 86 valence electrons. The van der Waals surface area contributed by atoms with E-state index < -0.39 is 0 Å². The van der Waals surface area contributed by atoms with Crippen LogP contribution in [0.5, 0.6) is 0 Å². The number of aldehydes is 1. The second kappa shape index (κ2) is 3.86. The number of nitriles is 1. The molecule has 3 aromatic rings. The molecule has 0 saturated carbocycles. The predicted molar refractivity (Wildman–Crippen MR) is 68.8 cm³/mol. The van der Waals surface area contributed by atoms with Crippen molar-refractivity contribution in [1.29, 1.82) is 5.26 Å². The third-order valence-corrected chi connectivity index (χ3v) is 3.17. The van der Waals surface area contributed by atoms with Crippen molar-refractivity contribution in [2.75, 3.05) is 0 Å². The van der Waals surface area contributed by atoms with Crippen molar-refractivity contribution in [3.63, 3.8) is 0 Å². The Bertz CT molecular complexity index is 827. The van der Waals surface area contributed by atoms with Gasteiger partial charge in [0.05, 0.1) is 16.7 Å². The van der Waals surface area contributed by atoms with Crippen LogP contribution in [0.1, 0.15) is 15.9 Å². The fraction of sp³-hybridized carbons (Fsp3) is 0. The SMILES string of the molecule is N#Cc1ccc2c(c1)oc1cc(C=O)c(Cl)cc12. The van der Waals surface area contributed by atoms with E-state index in [0.29, 0.717) is 33.6 Å². The molecular weight excluding hydrogens is 250 g/mol. The van der Waals surface area contributed by atoms with E-state index in [1.54, 1.807) is 24.3 Å². The summed E-state index contributed by atoms with van der Waals surface area (Å²) < 4.78 is 5.62. The van der Waals surface area contributed by atoms with Crippen LogP contribution in [0, 0.1) is 11.3 Å². The van der Waals surface area contributed by atoms with Gasteiger partial charge >= 0.3 is 0 Å². The van der Waals surface area contributed by atoms with Crippen LogP contribution in [0.15, 0.2) is 34.7 Å². The quantitative estimate of drug-likeness (QED) is 0.619. The Labute approximate surface area is 107 Å². The topological polar surface area (TPSA) is 54.0 Å². The van der Waals surface area contributed by atoms with Crippen molar-refractivity contribution in [3.05, 3.63) is 46.5 Å². The van der Waals surface area contributed by atoms with E-state index >= 15 is 0 Å². The van der Waals surface area contributed by atoms with Crippen LogP contribution in [-0.2, 0) is 0 Å². The van der Waals surface area contributed by atoms with Crippen molar-refractivity contribution < 1.29 is 9.21 Å². The summed E-state index contributed by atoms with van der Waals surface area (Å²) >= 11 is 5.99. The fourth-order valence-corrected chi connectivity index (χ4v) is 2.18. The molecule has 0 N–H and O–H groups in total. The Hall–Kier alpha value is -2.31. The average molecular weight is 256 g/mol. The third-order valence-electron chi connectivity index (χ3n) is 2.85. The maximum Gasteiger partial charge on any atom is 0.151 e.